The van der Waals surface area contributed by atoms with Gasteiger partial charge in [-0.3, -0.25) is 5.10 Å². The Kier molecular flexibility index (Phi) is 4.06. The zero-order chi connectivity index (χ0) is 16.6. The largest absolute Gasteiger partial charge is 0.359 e. The van der Waals surface area contributed by atoms with Crippen LogP contribution >= 0.6 is 0 Å². The van der Waals surface area contributed by atoms with Crippen molar-refractivity contribution in [2.24, 2.45) is 0 Å². The summed E-state index contributed by atoms with van der Waals surface area (Å²) in [7, 11) is 0. The summed E-state index contributed by atoms with van der Waals surface area (Å²) in [4.78, 5) is 18.7. The van der Waals surface area contributed by atoms with E-state index in [0.717, 1.165) is 18.1 Å². The van der Waals surface area contributed by atoms with E-state index in [1.807, 2.05) is 27.7 Å². The van der Waals surface area contributed by atoms with Gasteiger partial charge in [-0.25, -0.2) is 9.78 Å². The molecule has 0 bridgehead atoms. The molecule has 1 fully saturated rings. The second-order valence-corrected chi connectivity index (χ2v) is 6.30. The molecular formula is C15H22N6O2. The Labute approximate surface area is 134 Å². The van der Waals surface area contributed by atoms with E-state index < -0.39 is 0 Å². The SMILES string of the molecule is Cc1nc([C@H]2CCN(C(=O)Nc3c(C)noc3C(C)C)C2)n[nH]1. The van der Waals surface area contributed by atoms with Crippen LogP contribution in [0.15, 0.2) is 4.52 Å². The van der Waals surface area contributed by atoms with E-state index in [4.69, 9.17) is 4.52 Å². The average molecular weight is 318 g/mol. The number of aryl methyl sites for hydroxylation is 2. The van der Waals surface area contributed by atoms with Gasteiger partial charge >= 0.3 is 6.03 Å². The second-order valence-electron chi connectivity index (χ2n) is 6.30. The molecule has 8 heteroatoms. The third-order valence-corrected chi connectivity index (χ3v) is 4.10. The van der Waals surface area contributed by atoms with Crippen molar-refractivity contribution in [3.05, 3.63) is 23.1 Å². The topological polar surface area (TPSA) is 99.9 Å². The Morgan fingerprint density at radius 2 is 2.22 bits per heavy atom. The van der Waals surface area contributed by atoms with Gasteiger partial charge in [0, 0.05) is 24.9 Å². The maximum atomic E-state index is 12.5. The van der Waals surface area contributed by atoms with Gasteiger partial charge in [-0.1, -0.05) is 19.0 Å². The molecular weight excluding hydrogens is 296 g/mol. The van der Waals surface area contributed by atoms with Gasteiger partial charge in [-0.2, -0.15) is 5.10 Å². The van der Waals surface area contributed by atoms with E-state index in [1.165, 1.54) is 0 Å². The van der Waals surface area contributed by atoms with Gasteiger partial charge in [0.2, 0.25) is 0 Å². The first-order valence-corrected chi connectivity index (χ1v) is 7.86. The fourth-order valence-electron chi connectivity index (χ4n) is 2.82. The van der Waals surface area contributed by atoms with Crippen molar-refractivity contribution in [1.82, 2.24) is 25.2 Å². The van der Waals surface area contributed by atoms with Crippen LogP contribution in [-0.4, -0.2) is 44.4 Å². The highest BCUT2D eigenvalue weighted by Gasteiger charge is 2.31. The summed E-state index contributed by atoms with van der Waals surface area (Å²) in [5, 5.41) is 13.9. The zero-order valence-electron chi connectivity index (χ0n) is 13.9. The van der Waals surface area contributed by atoms with Crippen LogP contribution in [0.2, 0.25) is 0 Å². The van der Waals surface area contributed by atoms with E-state index in [0.29, 0.717) is 30.2 Å². The predicted octanol–water partition coefficient (Wildman–Crippen LogP) is 2.55. The van der Waals surface area contributed by atoms with Gasteiger partial charge in [0.1, 0.15) is 17.2 Å². The van der Waals surface area contributed by atoms with Gasteiger partial charge in [0.25, 0.3) is 0 Å². The van der Waals surface area contributed by atoms with Crippen LogP contribution < -0.4 is 5.32 Å². The molecule has 1 atom stereocenters. The van der Waals surface area contributed by atoms with Gasteiger partial charge < -0.3 is 14.7 Å². The number of carbonyl (C=O) groups is 1. The maximum Gasteiger partial charge on any atom is 0.322 e. The Bertz CT molecular complexity index is 705. The number of rotatable bonds is 3. The normalized spacial score (nSPS) is 18.0. The summed E-state index contributed by atoms with van der Waals surface area (Å²) < 4.78 is 5.31. The Morgan fingerprint density at radius 1 is 1.43 bits per heavy atom. The zero-order valence-corrected chi connectivity index (χ0v) is 13.9. The van der Waals surface area contributed by atoms with Crippen LogP contribution in [0.25, 0.3) is 0 Å². The first-order chi connectivity index (χ1) is 11.0. The molecule has 124 valence electrons. The fourth-order valence-corrected chi connectivity index (χ4v) is 2.82. The van der Waals surface area contributed by atoms with Gasteiger partial charge in [-0.05, 0) is 20.3 Å². The number of amides is 2. The average Bonchev–Trinajstić information content (AvgIpc) is 3.19. The van der Waals surface area contributed by atoms with E-state index in [2.05, 4.69) is 25.7 Å². The quantitative estimate of drug-likeness (QED) is 0.906. The number of hydrogen-bond donors (Lipinski definition) is 2. The van der Waals surface area contributed by atoms with Crippen molar-refractivity contribution < 1.29 is 9.32 Å². The molecule has 0 aromatic carbocycles. The Morgan fingerprint density at radius 3 is 2.87 bits per heavy atom. The number of aromatic amines is 1. The third-order valence-electron chi connectivity index (χ3n) is 4.10. The van der Waals surface area contributed by atoms with Crippen molar-refractivity contribution in [2.75, 3.05) is 18.4 Å². The van der Waals surface area contributed by atoms with E-state index in [9.17, 15) is 4.79 Å². The molecule has 8 nitrogen and oxygen atoms in total. The lowest BCUT2D eigenvalue weighted by molar-refractivity contribution is 0.222. The fraction of sp³-hybridized carbons (Fsp3) is 0.600. The third kappa shape index (κ3) is 3.06. The highest BCUT2D eigenvalue weighted by molar-refractivity contribution is 5.90. The molecule has 1 saturated heterocycles. The van der Waals surface area contributed by atoms with Crippen LogP contribution in [0, 0.1) is 13.8 Å². The number of H-pyrrole nitrogens is 1. The number of anilines is 1. The minimum atomic E-state index is -0.132. The first-order valence-electron chi connectivity index (χ1n) is 7.86. The summed E-state index contributed by atoms with van der Waals surface area (Å²) in [6.45, 7) is 9.02. The standard InChI is InChI=1S/C15H22N6O2/c1-8(2)13-12(9(3)20-23-13)17-15(22)21-6-5-11(7-21)14-16-10(4)18-19-14/h8,11H,5-7H2,1-4H3,(H,17,22)(H,16,18,19)/t11-/m0/s1. The minimum absolute atomic E-state index is 0.132. The monoisotopic (exact) mass is 318 g/mol. The van der Waals surface area contributed by atoms with Crippen molar-refractivity contribution >= 4 is 11.7 Å². The molecule has 3 heterocycles. The first kappa shape index (κ1) is 15.5. The maximum absolute atomic E-state index is 12.5. The van der Waals surface area contributed by atoms with E-state index in [-0.39, 0.29) is 17.9 Å². The molecule has 0 radical (unpaired) electrons. The molecule has 3 rings (SSSR count). The molecule has 2 aromatic heterocycles. The summed E-state index contributed by atoms with van der Waals surface area (Å²) >= 11 is 0. The Hall–Kier alpha value is -2.38. The molecule has 0 spiro atoms. The molecule has 0 unspecified atom stereocenters. The van der Waals surface area contributed by atoms with Crippen LogP contribution in [0.5, 0.6) is 0 Å². The van der Waals surface area contributed by atoms with Crippen molar-refractivity contribution in [2.45, 2.75) is 46.0 Å². The lowest BCUT2D eigenvalue weighted by Gasteiger charge is -2.17. The van der Waals surface area contributed by atoms with Gasteiger partial charge in [-0.15, -0.1) is 0 Å². The summed E-state index contributed by atoms with van der Waals surface area (Å²) in [5.41, 5.74) is 1.38. The lowest BCUT2D eigenvalue weighted by atomic mass is 10.1. The van der Waals surface area contributed by atoms with Crippen LogP contribution in [0.3, 0.4) is 0 Å². The molecule has 2 amide bonds. The number of nitrogens with one attached hydrogen (secondary N) is 2. The van der Waals surface area contributed by atoms with Crippen molar-refractivity contribution in [3.8, 4) is 0 Å². The van der Waals surface area contributed by atoms with Crippen LogP contribution in [0.4, 0.5) is 10.5 Å². The second kappa shape index (κ2) is 6.02. The molecule has 2 aromatic rings. The lowest BCUT2D eigenvalue weighted by Crippen LogP contribution is -2.33. The molecule has 23 heavy (non-hydrogen) atoms. The minimum Gasteiger partial charge on any atom is -0.359 e. The number of carbonyl (C=O) groups excluding carboxylic acids is 1. The number of aromatic nitrogens is 4. The van der Waals surface area contributed by atoms with E-state index in [1.54, 1.807) is 4.90 Å². The van der Waals surface area contributed by atoms with Crippen LogP contribution in [-0.2, 0) is 0 Å². The molecule has 1 aliphatic heterocycles. The summed E-state index contributed by atoms with van der Waals surface area (Å²) in [6, 6.07) is -0.132. The molecule has 0 aliphatic carbocycles. The van der Waals surface area contributed by atoms with Gasteiger partial charge in [0.05, 0.1) is 0 Å². The number of nitrogens with zero attached hydrogens (tertiary/aromatic N) is 4. The highest BCUT2D eigenvalue weighted by Crippen LogP contribution is 2.29. The van der Waals surface area contributed by atoms with E-state index >= 15 is 0 Å². The number of urea groups is 1. The number of likely N-dealkylation sites (tertiary alicyclic amines) is 1. The molecule has 2 N–H and O–H groups in total. The van der Waals surface area contributed by atoms with Crippen molar-refractivity contribution in [1.29, 1.82) is 0 Å². The molecule has 1 aliphatic rings. The highest BCUT2D eigenvalue weighted by atomic mass is 16.5. The van der Waals surface area contributed by atoms with Crippen molar-refractivity contribution in [3.63, 3.8) is 0 Å². The predicted molar refractivity (Wildman–Crippen MR) is 84.4 cm³/mol. The summed E-state index contributed by atoms with van der Waals surface area (Å²) in [6.07, 6.45) is 0.865. The number of hydrogen-bond acceptors (Lipinski definition) is 5. The smallest absolute Gasteiger partial charge is 0.322 e. The van der Waals surface area contributed by atoms with Gasteiger partial charge in [0.15, 0.2) is 11.6 Å². The Balaban J connectivity index is 1.67. The van der Waals surface area contributed by atoms with Crippen LogP contribution in [0.1, 0.15) is 55.2 Å². The molecule has 0 saturated carbocycles. The summed E-state index contributed by atoms with van der Waals surface area (Å²) in [5.74, 6) is 2.62.